The lowest BCUT2D eigenvalue weighted by atomic mass is 10.2. The molecule has 0 N–H and O–H groups in total. The zero-order valence-electron chi connectivity index (χ0n) is 14.0. The molecule has 1 aliphatic rings. The monoisotopic (exact) mass is 442 g/mol. The maximum atomic E-state index is 12.9. The van der Waals surface area contributed by atoms with Crippen LogP contribution in [-0.4, -0.2) is 38.8 Å². The van der Waals surface area contributed by atoms with Gasteiger partial charge >= 0.3 is 0 Å². The Labute approximate surface area is 160 Å². The van der Waals surface area contributed by atoms with Crippen molar-refractivity contribution in [2.45, 2.75) is 24.7 Å². The van der Waals surface area contributed by atoms with E-state index in [9.17, 15) is 13.2 Å². The Kier molecular flexibility index (Phi) is 5.34. The van der Waals surface area contributed by atoms with Crippen LogP contribution in [0.2, 0.25) is 0 Å². The Bertz CT molecular complexity index is 902. The molecule has 1 aliphatic heterocycles. The second-order valence-corrected chi connectivity index (χ2v) is 9.70. The zero-order chi connectivity index (χ0) is 18.2. The van der Waals surface area contributed by atoms with Gasteiger partial charge < -0.3 is 4.90 Å². The van der Waals surface area contributed by atoms with Crippen molar-refractivity contribution in [3.63, 3.8) is 0 Å². The summed E-state index contributed by atoms with van der Waals surface area (Å²) < 4.78 is 28.1. The minimum absolute atomic E-state index is 0.116. The van der Waals surface area contributed by atoms with Crippen LogP contribution >= 0.6 is 27.3 Å². The average Bonchev–Trinajstić information content (AvgIpc) is 3.27. The lowest BCUT2D eigenvalue weighted by Gasteiger charge is -2.20. The van der Waals surface area contributed by atoms with E-state index >= 15 is 0 Å². The summed E-state index contributed by atoms with van der Waals surface area (Å²) in [7, 11) is -1.95. The number of carbonyl (C=O) groups excluding carboxylic acids is 1. The molecule has 0 aliphatic carbocycles. The summed E-state index contributed by atoms with van der Waals surface area (Å²) >= 11 is 4.61. The van der Waals surface area contributed by atoms with Gasteiger partial charge in [0.05, 0.1) is 0 Å². The number of nitrogens with zero attached hydrogens (tertiary/aromatic N) is 2. The predicted octanol–water partition coefficient (Wildman–Crippen LogP) is 3.88. The molecule has 0 saturated carbocycles. The van der Waals surface area contributed by atoms with Gasteiger partial charge in [0.1, 0.15) is 9.77 Å². The summed E-state index contributed by atoms with van der Waals surface area (Å²) in [4.78, 5) is 14.8. The van der Waals surface area contributed by atoms with Gasteiger partial charge in [-0.15, -0.1) is 11.3 Å². The van der Waals surface area contributed by atoms with Gasteiger partial charge in [-0.25, -0.2) is 8.42 Å². The summed E-state index contributed by atoms with van der Waals surface area (Å²) in [6.07, 6.45) is 1.73. The van der Waals surface area contributed by atoms with Crippen LogP contribution in [0.3, 0.4) is 0 Å². The van der Waals surface area contributed by atoms with Crippen molar-refractivity contribution < 1.29 is 13.2 Å². The lowest BCUT2D eigenvalue weighted by Crippen LogP contribution is -2.31. The second kappa shape index (κ2) is 7.19. The largest absolute Gasteiger partial charge is 0.311 e. The summed E-state index contributed by atoms with van der Waals surface area (Å²) in [6, 6.07) is 7.14. The molecule has 2 aromatic rings. The van der Waals surface area contributed by atoms with Gasteiger partial charge in [0.25, 0.3) is 5.91 Å². The van der Waals surface area contributed by atoms with Gasteiger partial charge in [0, 0.05) is 30.3 Å². The van der Waals surface area contributed by atoms with E-state index in [1.54, 1.807) is 12.4 Å². The van der Waals surface area contributed by atoms with Crippen molar-refractivity contribution in [3.05, 3.63) is 44.6 Å². The van der Waals surface area contributed by atoms with E-state index in [0.717, 1.165) is 28.6 Å². The molecule has 5 nitrogen and oxygen atoms in total. The highest BCUT2D eigenvalue weighted by Crippen LogP contribution is 2.30. The first-order valence-corrected chi connectivity index (χ1v) is 11.1. The zero-order valence-corrected chi connectivity index (χ0v) is 17.2. The van der Waals surface area contributed by atoms with Gasteiger partial charge in [-0.2, -0.15) is 4.31 Å². The van der Waals surface area contributed by atoms with Crippen LogP contribution < -0.4 is 4.90 Å². The van der Waals surface area contributed by atoms with Crippen LogP contribution in [0.5, 0.6) is 0 Å². The number of benzene rings is 1. The predicted molar refractivity (Wildman–Crippen MR) is 104 cm³/mol. The highest BCUT2D eigenvalue weighted by atomic mass is 79.9. The maximum Gasteiger partial charge on any atom is 0.269 e. The van der Waals surface area contributed by atoms with Crippen LogP contribution in [0.4, 0.5) is 5.69 Å². The molecule has 134 valence electrons. The average molecular weight is 443 g/mol. The Morgan fingerprint density at radius 1 is 1.24 bits per heavy atom. The first-order valence-electron chi connectivity index (χ1n) is 7.94. The number of rotatable bonds is 4. The van der Waals surface area contributed by atoms with Gasteiger partial charge in [0.15, 0.2) is 0 Å². The Balaban J connectivity index is 1.93. The number of aryl methyl sites for hydroxylation is 1. The molecule has 3 rings (SSSR count). The molecule has 0 radical (unpaired) electrons. The van der Waals surface area contributed by atoms with Crippen molar-refractivity contribution in [2.24, 2.45) is 0 Å². The molecule has 8 heteroatoms. The van der Waals surface area contributed by atoms with Gasteiger partial charge in [-0.05, 0) is 55.0 Å². The van der Waals surface area contributed by atoms with Crippen molar-refractivity contribution >= 4 is 48.9 Å². The normalized spacial score (nSPS) is 15.5. The van der Waals surface area contributed by atoms with Crippen LogP contribution in [-0.2, 0) is 10.0 Å². The second-order valence-electron chi connectivity index (χ2n) is 6.02. The van der Waals surface area contributed by atoms with Crippen LogP contribution in [0.1, 0.15) is 28.1 Å². The summed E-state index contributed by atoms with van der Waals surface area (Å²) in [5.74, 6) is -0.311. The van der Waals surface area contributed by atoms with E-state index in [1.165, 1.54) is 26.6 Å². The number of anilines is 1. The smallest absolute Gasteiger partial charge is 0.269 e. The minimum Gasteiger partial charge on any atom is -0.311 e. The number of amides is 1. The summed E-state index contributed by atoms with van der Waals surface area (Å²) in [6.45, 7) is 2.99. The quantitative estimate of drug-likeness (QED) is 0.721. The van der Waals surface area contributed by atoms with Crippen LogP contribution in [0.15, 0.2) is 39.0 Å². The number of halogens is 1. The SMILES string of the molecule is Cc1cc(N(C)C(=O)c2sccc2S(=O)(=O)N2CCCC2)ccc1Br. The molecule has 2 heterocycles. The molecule has 1 fully saturated rings. The maximum absolute atomic E-state index is 12.9. The molecule has 0 atom stereocenters. The summed E-state index contributed by atoms with van der Waals surface area (Å²) in [5.41, 5.74) is 1.73. The highest BCUT2D eigenvalue weighted by molar-refractivity contribution is 9.10. The third kappa shape index (κ3) is 3.53. The van der Waals surface area contributed by atoms with Crippen molar-refractivity contribution in [2.75, 3.05) is 25.0 Å². The number of hydrogen-bond donors (Lipinski definition) is 0. The Morgan fingerprint density at radius 3 is 2.56 bits per heavy atom. The molecule has 0 unspecified atom stereocenters. The molecule has 0 bridgehead atoms. The molecule has 0 spiro atoms. The van der Waals surface area contributed by atoms with E-state index in [1.807, 2.05) is 25.1 Å². The number of thiophene rings is 1. The highest BCUT2D eigenvalue weighted by Gasteiger charge is 2.32. The molecule has 25 heavy (non-hydrogen) atoms. The fourth-order valence-corrected chi connectivity index (χ4v) is 5.97. The fourth-order valence-electron chi connectivity index (χ4n) is 2.83. The van der Waals surface area contributed by atoms with Gasteiger partial charge in [-0.3, -0.25) is 4.79 Å². The van der Waals surface area contributed by atoms with E-state index < -0.39 is 10.0 Å². The van der Waals surface area contributed by atoms with Gasteiger partial charge in [0.2, 0.25) is 10.0 Å². The molecule has 1 saturated heterocycles. The number of hydrogen-bond acceptors (Lipinski definition) is 4. The number of sulfonamides is 1. The molecular formula is C17H19BrN2O3S2. The molecule has 1 amide bonds. The third-order valence-corrected chi connectivity index (χ3v) is 8.20. The van der Waals surface area contributed by atoms with Crippen LogP contribution in [0.25, 0.3) is 0 Å². The first kappa shape index (κ1) is 18.6. The number of carbonyl (C=O) groups is 1. The Hall–Kier alpha value is -1.22. The first-order chi connectivity index (χ1) is 11.8. The third-order valence-electron chi connectivity index (χ3n) is 4.34. The molecule has 1 aromatic carbocycles. The van der Waals surface area contributed by atoms with Crippen molar-refractivity contribution in [3.8, 4) is 0 Å². The Morgan fingerprint density at radius 2 is 1.92 bits per heavy atom. The van der Waals surface area contributed by atoms with Gasteiger partial charge in [-0.1, -0.05) is 15.9 Å². The van der Waals surface area contributed by atoms with Crippen molar-refractivity contribution in [1.82, 2.24) is 4.31 Å². The lowest BCUT2D eigenvalue weighted by molar-refractivity contribution is 0.0994. The van der Waals surface area contributed by atoms with Crippen LogP contribution in [0, 0.1) is 6.92 Å². The molecular weight excluding hydrogens is 424 g/mol. The van der Waals surface area contributed by atoms with E-state index in [4.69, 9.17) is 0 Å². The minimum atomic E-state index is -3.61. The topological polar surface area (TPSA) is 57.7 Å². The molecule has 1 aromatic heterocycles. The van der Waals surface area contributed by atoms with E-state index in [2.05, 4.69) is 15.9 Å². The fraction of sp³-hybridized carbons (Fsp3) is 0.353. The summed E-state index contributed by atoms with van der Waals surface area (Å²) in [5, 5.41) is 1.66. The van der Waals surface area contributed by atoms with Crippen molar-refractivity contribution in [1.29, 1.82) is 0 Å². The van der Waals surface area contributed by atoms with E-state index in [-0.39, 0.29) is 15.7 Å². The van der Waals surface area contributed by atoms with E-state index in [0.29, 0.717) is 13.1 Å². The standard InChI is InChI=1S/C17H19BrN2O3S2/c1-12-11-13(5-6-14(12)18)19(2)17(21)16-15(7-10-24-16)25(22,23)20-8-3-4-9-20/h5-7,10-11H,3-4,8-9H2,1-2H3.